The van der Waals surface area contributed by atoms with Gasteiger partial charge in [-0.3, -0.25) is 14.3 Å². The van der Waals surface area contributed by atoms with E-state index in [1.54, 1.807) is 12.1 Å². The minimum Gasteiger partial charge on any atom is -0.487 e. The van der Waals surface area contributed by atoms with Crippen LogP contribution >= 0.6 is 0 Å². The largest absolute Gasteiger partial charge is 0.487 e. The summed E-state index contributed by atoms with van der Waals surface area (Å²) >= 11 is 0. The first-order valence-corrected chi connectivity index (χ1v) is 9.21. The number of halogens is 1. The number of rotatable bonds is 4. The SMILES string of the molecule is [2H]C1([2H])CNCc2c1n(C([2H])([2H])[2H])c1cc(-n3ccc(OC([2H])([2H])c4ccc(F)cn4)cc3=O)ccc21. The lowest BCUT2D eigenvalue weighted by Gasteiger charge is -2.14. The van der Waals surface area contributed by atoms with Crippen molar-refractivity contribution in [1.29, 1.82) is 0 Å². The van der Waals surface area contributed by atoms with Crippen molar-refractivity contribution in [3.63, 3.8) is 0 Å². The zero-order valence-corrected chi connectivity index (χ0v) is 15.6. The van der Waals surface area contributed by atoms with Crippen molar-refractivity contribution in [2.45, 2.75) is 19.5 Å². The zero-order chi connectivity index (χ0) is 26.8. The molecule has 0 saturated carbocycles. The Morgan fingerprint density at radius 1 is 1.33 bits per heavy atom. The number of aromatic nitrogens is 3. The fourth-order valence-electron chi connectivity index (χ4n) is 3.48. The summed E-state index contributed by atoms with van der Waals surface area (Å²) in [6.07, 6.45) is 0.310. The highest BCUT2D eigenvalue weighted by Crippen LogP contribution is 2.29. The van der Waals surface area contributed by atoms with E-state index in [9.17, 15) is 9.18 Å². The average Bonchev–Trinajstić information content (AvgIpc) is 3.15. The van der Waals surface area contributed by atoms with Crippen LogP contribution in [0.3, 0.4) is 0 Å². The first-order chi connectivity index (χ1) is 17.3. The number of benzene rings is 1. The molecule has 7 heteroatoms. The van der Waals surface area contributed by atoms with Gasteiger partial charge in [0.05, 0.1) is 25.8 Å². The molecule has 152 valence electrons. The maximum Gasteiger partial charge on any atom is 0.258 e. The molecular formula is C23H21FN4O2. The van der Waals surface area contributed by atoms with Crippen LogP contribution in [-0.2, 0) is 26.5 Å². The van der Waals surface area contributed by atoms with E-state index in [-0.39, 0.29) is 29.2 Å². The van der Waals surface area contributed by atoms with Gasteiger partial charge in [-0.15, -0.1) is 0 Å². The Labute approximate surface area is 182 Å². The predicted molar refractivity (Wildman–Crippen MR) is 112 cm³/mol. The average molecular weight is 411 g/mol. The molecule has 0 spiro atoms. The number of nitrogens with zero attached hydrogens (tertiary/aromatic N) is 3. The summed E-state index contributed by atoms with van der Waals surface area (Å²) in [6.45, 7) is -4.80. The summed E-state index contributed by atoms with van der Waals surface area (Å²) in [5.41, 5.74) is 0.496. The van der Waals surface area contributed by atoms with E-state index in [2.05, 4.69) is 10.3 Å². The first-order valence-electron chi connectivity index (χ1n) is 12.7. The van der Waals surface area contributed by atoms with Gasteiger partial charge in [0, 0.05) is 56.6 Å². The number of hydrogen-bond donors (Lipinski definition) is 1. The fraction of sp³-hybridized carbons (Fsp3) is 0.217. The molecule has 1 aliphatic rings. The highest BCUT2D eigenvalue weighted by Gasteiger charge is 2.18. The van der Waals surface area contributed by atoms with Crippen LogP contribution in [0.4, 0.5) is 4.39 Å². The summed E-state index contributed by atoms with van der Waals surface area (Å²) in [7, 11) is 0. The van der Waals surface area contributed by atoms with E-state index in [1.165, 1.54) is 22.9 Å². The molecule has 0 radical (unpaired) electrons. The summed E-state index contributed by atoms with van der Waals surface area (Å²) < 4.78 is 77.9. The van der Waals surface area contributed by atoms with Gasteiger partial charge in [0.15, 0.2) is 0 Å². The van der Waals surface area contributed by atoms with Gasteiger partial charge in [0.1, 0.15) is 18.1 Å². The van der Waals surface area contributed by atoms with E-state index in [0.29, 0.717) is 23.2 Å². The second-order valence-corrected chi connectivity index (χ2v) is 6.78. The molecule has 3 aromatic heterocycles. The molecule has 1 N–H and O–H groups in total. The monoisotopic (exact) mass is 411 g/mol. The van der Waals surface area contributed by atoms with Gasteiger partial charge in [-0.05, 0) is 35.9 Å². The molecule has 5 rings (SSSR count). The Hall–Kier alpha value is -3.45. The summed E-state index contributed by atoms with van der Waals surface area (Å²) in [5, 5.41) is 3.56. The number of ether oxygens (including phenoxy) is 1. The van der Waals surface area contributed by atoms with Gasteiger partial charge in [-0.2, -0.15) is 0 Å². The number of aryl methyl sites for hydroxylation is 1. The Morgan fingerprint density at radius 2 is 2.27 bits per heavy atom. The predicted octanol–water partition coefficient (Wildman–Crippen LogP) is 3.09. The van der Waals surface area contributed by atoms with Crippen LogP contribution in [0.15, 0.2) is 59.7 Å². The van der Waals surface area contributed by atoms with Gasteiger partial charge >= 0.3 is 0 Å². The topological polar surface area (TPSA) is 61.1 Å². The van der Waals surface area contributed by atoms with Gasteiger partial charge in [0.25, 0.3) is 5.56 Å². The van der Waals surface area contributed by atoms with Crippen LogP contribution in [0.1, 0.15) is 26.5 Å². The zero-order valence-electron chi connectivity index (χ0n) is 22.6. The summed E-state index contributed by atoms with van der Waals surface area (Å²) in [5.74, 6) is -0.712. The van der Waals surface area contributed by atoms with Gasteiger partial charge in [-0.1, -0.05) is 6.07 Å². The highest BCUT2D eigenvalue weighted by atomic mass is 19.1. The second-order valence-electron chi connectivity index (χ2n) is 6.78. The van der Waals surface area contributed by atoms with Crippen LogP contribution in [0, 0.1) is 5.82 Å². The van der Waals surface area contributed by atoms with Crippen LogP contribution < -0.4 is 15.6 Å². The lowest BCUT2D eigenvalue weighted by molar-refractivity contribution is 0.300. The number of pyridine rings is 2. The molecule has 0 saturated heterocycles. The molecule has 1 aliphatic heterocycles. The Morgan fingerprint density at radius 3 is 3.07 bits per heavy atom. The normalized spacial score (nSPS) is 19.4. The summed E-state index contributed by atoms with van der Waals surface area (Å²) in [6, 6.07) is 9.42. The summed E-state index contributed by atoms with van der Waals surface area (Å²) in [4.78, 5) is 16.6. The quantitative estimate of drug-likeness (QED) is 0.561. The molecule has 1 aromatic carbocycles. The Balaban J connectivity index is 1.55. The molecular weight excluding hydrogens is 383 g/mol. The van der Waals surface area contributed by atoms with Crippen LogP contribution in [0.5, 0.6) is 5.75 Å². The number of hydrogen-bond acceptors (Lipinski definition) is 4. The van der Waals surface area contributed by atoms with E-state index in [1.807, 2.05) is 0 Å². The molecule has 0 amide bonds. The van der Waals surface area contributed by atoms with Gasteiger partial charge < -0.3 is 14.6 Å². The third-order valence-corrected chi connectivity index (χ3v) is 4.91. The van der Waals surface area contributed by atoms with Crippen molar-refractivity contribution in [2.24, 2.45) is 6.98 Å². The van der Waals surface area contributed by atoms with Crippen LogP contribution in [0.2, 0.25) is 0 Å². The molecule has 4 aromatic rings. The Kier molecular flexibility index (Phi) is 3.04. The smallest absolute Gasteiger partial charge is 0.258 e. The molecule has 0 bridgehead atoms. The lowest BCUT2D eigenvalue weighted by Crippen LogP contribution is -2.24. The molecule has 30 heavy (non-hydrogen) atoms. The third kappa shape index (κ3) is 3.27. The van der Waals surface area contributed by atoms with Gasteiger partial charge in [0.2, 0.25) is 0 Å². The van der Waals surface area contributed by atoms with E-state index >= 15 is 0 Å². The molecule has 0 fully saturated rings. The van der Waals surface area contributed by atoms with Crippen molar-refractivity contribution < 1.29 is 18.7 Å². The van der Waals surface area contributed by atoms with Crippen molar-refractivity contribution in [3.05, 3.63) is 88.0 Å². The molecule has 0 aliphatic carbocycles. The Bertz CT molecular complexity index is 1560. The lowest BCUT2D eigenvalue weighted by atomic mass is 10.1. The first kappa shape index (κ1) is 12.3. The highest BCUT2D eigenvalue weighted by molar-refractivity contribution is 5.87. The van der Waals surface area contributed by atoms with E-state index < -0.39 is 31.3 Å². The van der Waals surface area contributed by atoms with Crippen molar-refractivity contribution >= 4 is 10.9 Å². The third-order valence-electron chi connectivity index (χ3n) is 4.91. The minimum atomic E-state index is -2.65. The van der Waals surface area contributed by atoms with Crippen LogP contribution in [-0.4, -0.2) is 20.7 Å². The molecule has 0 atom stereocenters. The van der Waals surface area contributed by atoms with Crippen molar-refractivity contribution in [2.75, 3.05) is 6.54 Å². The maximum atomic E-state index is 13.1. The minimum absolute atomic E-state index is 0.0267. The number of fused-ring (bicyclic) bond motifs is 3. The molecule has 6 nitrogen and oxygen atoms in total. The maximum absolute atomic E-state index is 13.1. The van der Waals surface area contributed by atoms with Crippen molar-refractivity contribution in [1.82, 2.24) is 19.4 Å². The second kappa shape index (κ2) is 7.42. The fourth-order valence-corrected chi connectivity index (χ4v) is 3.48. The van der Waals surface area contributed by atoms with Gasteiger partial charge in [-0.25, -0.2) is 4.39 Å². The van der Waals surface area contributed by atoms with Crippen molar-refractivity contribution in [3.8, 4) is 11.4 Å². The van der Waals surface area contributed by atoms with E-state index in [0.717, 1.165) is 29.0 Å². The van der Waals surface area contributed by atoms with E-state index in [4.69, 9.17) is 14.3 Å². The van der Waals surface area contributed by atoms with Crippen LogP contribution in [0.25, 0.3) is 16.6 Å². The molecule has 4 heterocycles. The standard InChI is InChI=1S/C23H21FN4O2/c1-27-21-6-8-25-13-20(21)19-5-4-17(10-22(19)27)28-9-7-18(11-23(28)29)30-14-16-3-2-15(24)12-26-16/h2-5,7,9-12,25H,6,8,13-14H2,1H3/i1D3,6D2,14D2. The molecule has 0 unspecified atom stereocenters. The number of nitrogens with one attached hydrogen (secondary N) is 1.